The molecule has 1 amide bonds. The minimum atomic E-state index is -0.189. The average Bonchev–Trinajstić information content (AvgIpc) is 2.70. The van der Waals surface area contributed by atoms with Crippen LogP contribution >= 0.6 is 0 Å². The number of anilines is 3. The first-order chi connectivity index (χ1) is 13.5. The van der Waals surface area contributed by atoms with E-state index >= 15 is 0 Å². The molecule has 5 nitrogen and oxygen atoms in total. The summed E-state index contributed by atoms with van der Waals surface area (Å²) in [6, 6.07) is 18.8. The molecule has 1 heterocycles. The summed E-state index contributed by atoms with van der Waals surface area (Å²) in [6.07, 6.45) is 1.62. The maximum absolute atomic E-state index is 12.7. The highest BCUT2D eigenvalue weighted by molar-refractivity contribution is 6.05. The Bertz CT molecular complexity index is 1050. The molecule has 3 rings (SSSR count). The van der Waals surface area contributed by atoms with Crippen molar-refractivity contribution in [3.05, 3.63) is 83.0 Å². The highest BCUT2D eigenvalue weighted by Crippen LogP contribution is 2.24. The van der Waals surface area contributed by atoms with Gasteiger partial charge in [0.1, 0.15) is 11.9 Å². The van der Waals surface area contributed by atoms with Gasteiger partial charge in [0, 0.05) is 23.1 Å². The molecule has 3 aromatic rings. The zero-order valence-corrected chi connectivity index (χ0v) is 16.2. The quantitative estimate of drug-likeness (QED) is 0.632. The summed E-state index contributed by atoms with van der Waals surface area (Å²) >= 11 is 0. The molecule has 0 aliphatic carbocycles. The molecular weight excluding hydrogens is 348 g/mol. The number of pyridine rings is 1. The molecule has 1 aromatic heterocycles. The van der Waals surface area contributed by atoms with Gasteiger partial charge in [0.05, 0.1) is 5.56 Å². The van der Waals surface area contributed by atoms with E-state index in [0.717, 1.165) is 16.9 Å². The number of nitrogens with one attached hydrogen (secondary N) is 2. The van der Waals surface area contributed by atoms with Gasteiger partial charge in [-0.1, -0.05) is 32.0 Å². The van der Waals surface area contributed by atoms with E-state index in [9.17, 15) is 10.1 Å². The Hall–Kier alpha value is -3.65. The van der Waals surface area contributed by atoms with E-state index in [0.29, 0.717) is 22.9 Å². The molecule has 0 aliphatic heterocycles. The number of amides is 1. The second-order valence-electron chi connectivity index (χ2n) is 6.90. The number of carbonyl (C=O) groups excluding carboxylic acids is 1. The van der Waals surface area contributed by atoms with Crippen LogP contribution in [-0.4, -0.2) is 10.9 Å². The predicted octanol–water partition coefficient (Wildman–Crippen LogP) is 5.38. The van der Waals surface area contributed by atoms with Gasteiger partial charge < -0.3 is 10.6 Å². The molecule has 0 saturated carbocycles. The maximum Gasteiger partial charge on any atom is 0.255 e. The third-order valence-corrected chi connectivity index (χ3v) is 4.49. The van der Waals surface area contributed by atoms with Crippen LogP contribution in [0.2, 0.25) is 0 Å². The van der Waals surface area contributed by atoms with Crippen molar-refractivity contribution in [1.29, 1.82) is 5.26 Å². The molecule has 0 bridgehead atoms. The minimum absolute atomic E-state index is 0.189. The molecule has 0 atom stereocenters. The van der Waals surface area contributed by atoms with Crippen LogP contribution in [0.1, 0.15) is 46.8 Å². The van der Waals surface area contributed by atoms with E-state index in [1.54, 1.807) is 30.5 Å². The van der Waals surface area contributed by atoms with Crippen molar-refractivity contribution < 1.29 is 4.79 Å². The van der Waals surface area contributed by atoms with Crippen LogP contribution in [0, 0.1) is 18.3 Å². The van der Waals surface area contributed by atoms with Crippen molar-refractivity contribution in [2.45, 2.75) is 26.7 Å². The Morgan fingerprint density at radius 1 is 1.11 bits per heavy atom. The summed E-state index contributed by atoms with van der Waals surface area (Å²) in [7, 11) is 0. The zero-order valence-electron chi connectivity index (χ0n) is 16.2. The number of aromatic nitrogens is 1. The first-order valence-corrected chi connectivity index (χ1v) is 9.12. The fraction of sp³-hybridized carbons (Fsp3) is 0.174. The second kappa shape index (κ2) is 8.36. The van der Waals surface area contributed by atoms with Gasteiger partial charge in [0.2, 0.25) is 0 Å². The van der Waals surface area contributed by atoms with Crippen LogP contribution in [0.3, 0.4) is 0 Å². The molecule has 2 N–H and O–H groups in total. The SMILES string of the molecule is Cc1ccc(C(=O)Nc2cccc(C(C)C)c2)cc1Nc1ncccc1C#N. The van der Waals surface area contributed by atoms with Crippen LogP contribution in [-0.2, 0) is 0 Å². The monoisotopic (exact) mass is 370 g/mol. The van der Waals surface area contributed by atoms with Gasteiger partial charge in [-0.15, -0.1) is 0 Å². The van der Waals surface area contributed by atoms with E-state index in [2.05, 4.69) is 35.5 Å². The largest absolute Gasteiger partial charge is 0.339 e. The van der Waals surface area contributed by atoms with Crippen LogP contribution in [0.15, 0.2) is 60.8 Å². The maximum atomic E-state index is 12.7. The molecule has 0 unspecified atom stereocenters. The van der Waals surface area contributed by atoms with Gasteiger partial charge >= 0.3 is 0 Å². The third-order valence-electron chi connectivity index (χ3n) is 4.49. The standard InChI is InChI=1S/C23H22N4O/c1-15(2)17-6-4-8-20(12-17)26-23(28)18-10-9-16(3)21(13-18)27-22-19(14-24)7-5-11-25-22/h4-13,15H,1-3H3,(H,25,27)(H,26,28). The van der Waals surface area contributed by atoms with Crippen molar-refractivity contribution in [1.82, 2.24) is 4.98 Å². The lowest BCUT2D eigenvalue weighted by atomic mass is 10.0. The van der Waals surface area contributed by atoms with Gasteiger partial charge in [-0.3, -0.25) is 4.79 Å². The molecule has 0 aliphatic rings. The van der Waals surface area contributed by atoms with Crippen LogP contribution in [0.25, 0.3) is 0 Å². The number of hydrogen-bond acceptors (Lipinski definition) is 4. The van der Waals surface area contributed by atoms with E-state index < -0.39 is 0 Å². The van der Waals surface area contributed by atoms with E-state index in [1.807, 2.05) is 37.3 Å². The molecule has 5 heteroatoms. The Labute approximate surface area is 165 Å². The Morgan fingerprint density at radius 3 is 2.68 bits per heavy atom. The fourth-order valence-corrected chi connectivity index (χ4v) is 2.80. The lowest BCUT2D eigenvalue weighted by Gasteiger charge is -2.13. The van der Waals surface area contributed by atoms with Crippen LogP contribution in [0.5, 0.6) is 0 Å². The van der Waals surface area contributed by atoms with Crippen molar-refractivity contribution >= 4 is 23.1 Å². The summed E-state index contributed by atoms with van der Waals surface area (Å²) in [4.78, 5) is 16.9. The predicted molar refractivity (Wildman–Crippen MR) is 112 cm³/mol. The Kier molecular flexibility index (Phi) is 5.71. The highest BCUT2D eigenvalue weighted by atomic mass is 16.1. The number of nitriles is 1. The first kappa shape index (κ1) is 19.1. The van der Waals surface area contributed by atoms with Gasteiger partial charge in [0.15, 0.2) is 0 Å². The molecule has 0 spiro atoms. The van der Waals surface area contributed by atoms with Crippen LogP contribution < -0.4 is 10.6 Å². The Balaban J connectivity index is 1.83. The third kappa shape index (κ3) is 4.36. The molecule has 0 fully saturated rings. The van der Waals surface area contributed by atoms with E-state index in [1.165, 1.54) is 5.56 Å². The normalized spacial score (nSPS) is 10.4. The Morgan fingerprint density at radius 2 is 1.93 bits per heavy atom. The van der Waals surface area contributed by atoms with Crippen molar-refractivity contribution in [2.75, 3.05) is 10.6 Å². The summed E-state index contributed by atoms with van der Waals surface area (Å²) < 4.78 is 0. The lowest BCUT2D eigenvalue weighted by Crippen LogP contribution is -2.12. The van der Waals surface area contributed by atoms with E-state index in [4.69, 9.17) is 0 Å². The number of rotatable bonds is 5. The molecule has 0 radical (unpaired) electrons. The number of aryl methyl sites for hydroxylation is 1. The lowest BCUT2D eigenvalue weighted by molar-refractivity contribution is 0.102. The summed E-state index contributed by atoms with van der Waals surface area (Å²) in [5, 5.41) is 15.4. The minimum Gasteiger partial charge on any atom is -0.339 e. The van der Waals surface area contributed by atoms with Gasteiger partial charge in [-0.05, 0) is 60.4 Å². The number of benzene rings is 2. The molecule has 140 valence electrons. The second-order valence-corrected chi connectivity index (χ2v) is 6.90. The number of nitrogens with zero attached hydrogens (tertiary/aromatic N) is 2. The fourth-order valence-electron chi connectivity index (χ4n) is 2.80. The van der Waals surface area contributed by atoms with Crippen molar-refractivity contribution in [3.63, 3.8) is 0 Å². The number of carbonyl (C=O) groups is 1. The molecular formula is C23H22N4O. The average molecular weight is 370 g/mol. The van der Waals surface area contributed by atoms with Crippen LogP contribution in [0.4, 0.5) is 17.2 Å². The summed E-state index contributed by atoms with van der Waals surface area (Å²) in [5.41, 5.74) is 4.59. The first-order valence-electron chi connectivity index (χ1n) is 9.12. The van der Waals surface area contributed by atoms with Crippen molar-refractivity contribution in [3.8, 4) is 6.07 Å². The highest BCUT2D eigenvalue weighted by Gasteiger charge is 2.11. The summed E-state index contributed by atoms with van der Waals surface area (Å²) in [5.74, 6) is 0.667. The van der Waals surface area contributed by atoms with Gasteiger partial charge in [-0.2, -0.15) is 5.26 Å². The summed E-state index contributed by atoms with van der Waals surface area (Å²) in [6.45, 7) is 6.17. The number of hydrogen-bond donors (Lipinski definition) is 2. The smallest absolute Gasteiger partial charge is 0.255 e. The topological polar surface area (TPSA) is 77.8 Å². The van der Waals surface area contributed by atoms with E-state index in [-0.39, 0.29) is 5.91 Å². The molecule has 0 saturated heterocycles. The molecule has 2 aromatic carbocycles. The zero-order chi connectivity index (χ0) is 20.1. The van der Waals surface area contributed by atoms with Crippen molar-refractivity contribution in [2.24, 2.45) is 0 Å². The van der Waals surface area contributed by atoms with Gasteiger partial charge in [-0.25, -0.2) is 4.98 Å². The van der Waals surface area contributed by atoms with Gasteiger partial charge in [0.25, 0.3) is 5.91 Å². The molecule has 28 heavy (non-hydrogen) atoms.